The van der Waals surface area contributed by atoms with E-state index in [1.807, 2.05) is 0 Å². The van der Waals surface area contributed by atoms with Crippen LogP contribution in [-0.4, -0.2) is 31.6 Å². The van der Waals surface area contributed by atoms with Gasteiger partial charge in [0.05, 0.1) is 7.11 Å². The summed E-state index contributed by atoms with van der Waals surface area (Å²) in [4.78, 5) is 13.5. The van der Waals surface area contributed by atoms with Crippen LogP contribution in [0.1, 0.15) is 5.56 Å². The zero-order valence-corrected chi connectivity index (χ0v) is 12.6. The average molecular weight is 303 g/mol. The van der Waals surface area contributed by atoms with Gasteiger partial charge >= 0.3 is 0 Å². The minimum Gasteiger partial charge on any atom is -0.497 e. The molecule has 0 heterocycles. The first kappa shape index (κ1) is 15.8. The lowest BCUT2D eigenvalue weighted by Gasteiger charge is -2.17. The number of hydrogen-bond acceptors (Lipinski definition) is 3. The molecule has 0 unspecified atom stereocenters. The van der Waals surface area contributed by atoms with Crippen LogP contribution < -0.4 is 9.47 Å². The molecule has 116 valence electrons. The molecule has 0 atom stereocenters. The van der Waals surface area contributed by atoms with E-state index < -0.39 is 0 Å². The van der Waals surface area contributed by atoms with Crippen molar-refractivity contribution in [2.24, 2.45) is 0 Å². The number of hydrogen-bond donors (Lipinski definition) is 0. The Bertz CT molecular complexity index is 628. The van der Waals surface area contributed by atoms with Crippen LogP contribution in [0.4, 0.5) is 4.39 Å². The zero-order chi connectivity index (χ0) is 15.9. The van der Waals surface area contributed by atoms with E-state index in [0.717, 1.165) is 11.3 Å². The van der Waals surface area contributed by atoms with E-state index in [2.05, 4.69) is 0 Å². The zero-order valence-electron chi connectivity index (χ0n) is 12.6. The van der Waals surface area contributed by atoms with Crippen LogP contribution in [0.3, 0.4) is 0 Å². The lowest BCUT2D eigenvalue weighted by molar-refractivity contribution is -0.132. The maximum Gasteiger partial charge on any atom is 0.260 e. The Hall–Kier alpha value is -2.56. The molecule has 22 heavy (non-hydrogen) atoms. The number of likely N-dealkylation sites (N-methyl/N-ethyl adjacent to an activating group) is 1. The van der Waals surface area contributed by atoms with Crippen molar-refractivity contribution in [2.45, 2.75) is 6.54 Å². The highest BCUT2D eigenvalue weighted by atomic mass is 19.1. The van der Waals surface area contributed by atoms with E-state index in [4.69, 9.17) is 9.47 Å². The number of halogens is 1. The Morgan fingerprint density at radius 3 is 2.45 bits per heavy atom. The van der Waals surface area contributed by atoms with Crippen molar-refractivity contribution in [3.63, 3.8) is 0 Å². The van der Waals surface area contributed by atoms with E-state index >= 15 is 0 Å². The number of methoxy groups -OCH3 is 1. The van der Waals surface area contributed by atoms with Crippen molar-refractivity contribution in [1.82, 2.24) is 4.90 Å². The van der Waals surface area contributed by atoms with Gasteiger partial charge in [-0.1, -0.05) is 12.1 Å². The second-order valence-electron chi connectivity index (χ2n) is 4.84. The number of carbonyl (C=O) groups is 1. The summed E-state index contributed by atoms with van der Waals surface area (Å²) in [5.74, 6) is 0.822. The van der Waals surface area contributed by atoms with Gasteiger partial charge < -0.3 is 14.4 Å². The fraction of sp³-hybridized carbons (Fsp3) is 0.235. The summed E-state index contributed by atoms with van der Waals surface area (Å²) < 4.78 is 23.6. The van der Waals surface area contributed by atoms with Gasteiger partial charge in [-0.05, 0) is 42.0 Å². The summed E-state index contributed by atoms with van der Waals surface area (Å²) in [7, 11) is 3.24. The predicted octanol–water partition coefficient (Wildman–Crippen LogP) is 2.87. The lowest BCUT2D eigenvalue weighted by atomic mass is 10.2. The molecule has 4 nitrogen and oxygen atoms in total. The minimum absolute atomic E-state index is 0.0713. The number of benzene rings is 2. The second-order valence-corrected chi connectivity index (χ2v) is 4.84. The van der Waals surface area contributed by atoms with Crippen LogP contribution in [0.25, 0.3) is 0 Å². The molecule has 5 heteroatoms. The van der Waals surface area contributed by atoms with Gasteiger partial charge in [0.1, 0.15) is 17.3 Å². The van der Waals surface area contributed by atoms with Gasteiger partial charge in [-0.3, -0.25) is 4.79 Å². The molecule has 0 saturated carbocycles. The molecule has 0 saturated heterocycles. The molecule has 2 rings (SSSR count). The van der Waals surface area contributed by atoms with Crippen LogP contribution in [0.5, 0.6) is 11.5 Å². The molecule has 0 bridgehead atoms. The molecule has 0 radical (unpaired) electrons. The van der Waals surface area contributed by atoms with Crippen molar-refractivity contribution in [3.8, 4) is 11.5 Å². The summed E-state index contributed by atoms with van der Waals surface area (Å²) in [6.07, 6.45) is 0. The van der Waals surface area contributed by atoms with Crippen molar-refractivity contribution in [1.29, 1.82) is 0 Å². The summed E-state index contributed by atoms with van der Waals surface area (Å²) in [6.45, 7) is 0.265. The third-order valence-electron chi connectivity index (χ3n) is 3.16. The van der Waals surface area contributed by atoms with Crippen LogP contribution in [0.15, 0.2) is 48.5 Å². The summed E-state index contributed by atoms with van der Waals surface area (Å²) in [5.41, 5.74) is 0.736. The molecule has 0 aliphatic rings. The smallest absolute Gasteiger partial charge is 0.260 e. The average Bonchev–Trinajstić information content (AvgIpc) is 2.53. The van der Waals surface area contributed by atoms with Crippen molar-refractivity contribution in [3.05, 3.63) is 59.9 Å². The normalized spacial score (nSPS) is 10.1. The molecule has 2 aromatic carbocycles. The van der Waals surface area contributed by atoms with Gasteiger partial charge in [0.15, 0.2) is 6.61 Å². The maximum absolute atomic E-state index is 13.1. The fourth-order valence-corrected chi connectivity index (χ4v) is 1.92. The molecule has 0 aliphatic carbocycles. The van der Waals surface area contributed by atoms with Crippen LogP contribution in [0, 0.1) is 5.82 Å². The molecule has 0 N–H and O–H groups in total. The first-order chi connectivity index (χ1) is 10.6. The standard InChI is InChI=1S/C17H18FNO3/c1-19(11-13-4-3-5-14(18)10-13)17(20)12-22-16-8-6-15(21-2)7-9-16/h3-10H,11-12H2,1-2H3. The van der Waals surface area contributed by atoms with Crippen LogP contribution >= 0.6 is 0 Å². The highest BCUT2D eigenvalue weighted by molar-refractivity contribution is 5.77. The number of ether oxygens (including phenoxy) is 2. The van der Waals surface area contributed by atoms with E-state index in [0.29, 0.717) is 12.3 Å². The number of nitrogens with zero attached hydrogens (tertiary/aromatic N) is 1. The Labute approximate surface area is 129 Å². The monoisotopic (exact) mass is 303 g/mol. The molecular weight excluding hydrogens is 285 g/mol. The summed E-state index contributed by atoms with van der Waals surface area (Å²) in [5, 5.41) is 0. The van der Waals surface area contributed by atoms with E-state index in [1.54, 1.807) is 50.6 Å². The third kappa shape index (κ3) is 4.48. The van der Waals surface area contributed by atoms with Gasteiger partial charge in [-0.2, -0.15) is 0 Å². The fourth-order valence-electron chi connectivity index (χ4n) is 1.92. The van der Waals surface area contributed by atoms with Crippen molar-refractivity contribution < 1.29 is 18.7 Å². The van der Waals surface area contributed by atoms with Gasteiger partial charge in [0.25, 0.3) is 5.91 Å². The first-order valence-corrected chi connectivity index (χ1v) is 6.84. The number of carbonyl (C=O) groups excluding carboxylic acids is 1. The summed E-state index contributed by atoms with van der Waals surface area (Å²) in [6, 6.07) is 13.2. The van der Waals surface area contributed by atoms with Crippen LogP contribution in [0.2, 0.25) is 0 Å². The third-order valence-corrected chi connectivity index (χ3v) is 3.16. The second kappa shape index (κ2) is 7.45. The molecule has 0 aliphatic heterocycles. The molecule has 0 spiro atoms. The van der Waals surface area contributed by atoms with E-state index in [9.17, 15) is 9.18 Å². The highest BCUT2D eigenvalue weighted by Crippen LogP contribution is 2.17. The van der Waals surface area contributed by atoms with Gasteiger partial charge in [0, 0.05) is 13.6 Å². The number of rotatable bonds is 6. The van der Waals surface area contributed by atoms with E-state index in [1.165, 1.54) is 17.0 Å². The predicted molar refractivity (Wildman–Crippen MR) is 81.4 cm³/mol. The van der Waals surface area contributed by atoms with Crippen molar-refractivity contribution in [2.75, 3.05) is 20.8 Å². The SMILES string of the molecule is COc1ccc(OCC(=O)N(C)Cc2cccc(F)c2)cc1. The van der Waals surface area contributed by atoms with Gasteiger partial charge in [0.2, 0.25) is 0 Å². The first-order valence-electron chi connectivity index (χ1n) is 6.84. The Balaban J connectivity index is 1.85. The van der Waals surface area contributed by atoms with E-state index in [-0.39, 0.29) is 18.3 Å². The van der Waals surface area contributed by atoms with Crippen LogP contribution in [-0.2, 0) is 11.3 Å². The number of amides is 1. The summed E-state index contributed by atoms with van der Waals surface area (Å²) >= 11 is 0. The maximum atomic E-state index is 13.1. The minimum atomic E-state index is -0.312. The molecule has 0 fully saturated rings. The highest BCUT2D eigenvalue weighted by Gasteiger charge is 2.10. The van der Waals surface area contributed by atoms with Gasteiger partial charge in [-0.15, -0.1) is 0 Å². The lowest BCUT2D eigenvalue weighted by Crippen LogP contribution is -2.30. The Morgan fingerprint density at radius 2 is 1.82 bits per heavy atom. The Kier molecular flexibility index (Phi) is 5.36. The molecule has 1 amide bonds. The van der Waals surface area contributed by atoms with Gasteiger partial charge in [-0.25, -0.2) is 4.39 Å². The molecule has 2 aromatic rings. The molecular formula is C17H18FNO3. The Morgan fingerprint density at radius 1 is 1.14 bits per heavy atom. The largest absolute Gasteiger partial charge is 0.497 e. The molecule has 0 aromatic heterocycles. The topological polar surface area (TPSA) is 38.8 Å². The van der Waals surface area contributed by atoms with Crippen molar-refractivity contribution >= 4 is 5.91 Å². The quantitative estimate of drug-likeness (QED) is 0.823.